The number of nitrogens with one attached hydrogen (secondary N) is 2. The predicted molar refractivity (Wildman–Crippen MR) is 118 cm³/mol. The molecule has 0 aliphatic carbocycles. The molecule has 3 N–H and O–H groups in total. The maximum absolute atomic E-state index is 12.4. The van der Waals surface area contributed by atoms with Crippen LogP contribution >= 0.6 is 0 Å². The molecule has 154 valence electrons. The molecule has 7 heteroatoms. The predicted octanol–water partition coefficient (Wildman–Crippen LogP) is 4.13. The summed E-state index contributed by atoms with van der Waals surface area (Å²) in [7, 11) is 0. The van der Waals surface area contributed by atoms with E-state index in [1.165, 1.54) is 12.3 Å². The van der Waals surface area contributed by atoms with E-state index in [1.54, 1.807) is 24.3 Å². The van der Waals surface area contributed by atoms with E-state index in [2.05, 4.69) is 20.7 Å². The highest BCUT2D eigenvalue weighted by atomic mass is 16.5. The largest absolute Gasteiger partial charge is 0.508 e. The van der Waals surface area contributed by atoms with E-state index in [4.69, 9.17) is 4.74 Å². The van der Waals surface area contributed by atoms with Crippen molar-refractivity contribution in [2.75, 3.05) is 0 Å². The topological polar surface area (TPSA) is 99.6 Å². The summed E-state index contributed by atoms with van der Waals surface area (Å²) in [6.07, 6.45) is 1.45. The number of phenols is 1. The molecule has 31 heavy (non-hydrogen) atoms. The van der Waals surface area contributed by atoms with Crippen LogP contribution in [0.2, 0.25) is 0 Å². The molecule has 0 fully saturated rings. The average molecular weight is 412 g/mol. The molecular weight excluding hydrogens is 392 g/mol. The molecule has 0 aliphatic heterocycles. The number of aromatic hydroxyl groups is 1. The third-order valence-electron chi connectivity index (χ3n) is 4.47. The molecule has 0 spiro atoms. The van der Waals surface area contributed by atoms with Gasteiger partial charge in [-0.15, -0.1) is 0 Å². The van der Waals surface area contributed by atoms with E-state index >= 15 is 0 Å². The number of nitrogens with zero attached hydrogens (tertiary/aromatic N) is 2. The van der Waals surface area contributed by atoms with Gasteiger partial charge in [-0.3, -0.25) is 9.89 Å². The van der Waals surface area contributed by atoms with E-state index in [0.29, 0.717) is 23.6 Å². The molecule has 1 aromatic heterocycles. The summed E-state index contributed by atoms with van der Waals surface area (Å²) in [5.41, 5.74) is 5.79. The Morgan fingerprint density at radius 2 is 1.84 bits per heavy atom. The Hall–Kier alpha value is -4.39. The summed E-state index contributed by atoms with van der Waals surface area (Å²) < 4.78 is 5.97. The zero-order valence-electron chi connectivity index (χ0n) is 16.5. The zero-order valence-corrected chi connectivity index (χ0v) is 16.5. The lowest BCUT2D eigenvalue weighted by molar-refractivity contribution is 0.0950. The van der Waals surface area contributed by atoms with Crippen LogP contribution in [0.5, 0.6) is 11.5 Å². The highest BCUT2D eigenvalue weighted by Gasteiger charge is 2.13. The van der Waals surface area contributed by atoms with Crippen molar-refractivity contribution < 1.29 is 14.6 Å². The number of para-hydroxylation sites is 1. The Bertz CT molecular complexity index is 1200. The van der Waals surface area contributed by atoms with E-state index in [-0.39, 0.29) is 11.4 Å². The van der Waals surface area contributed by atoms with Crippen molar-refractivity contribution in [2.24, 2.45) is 5.10 Å². The third kappa shape index (κ3) is 5.16. The van der Waals surface area contributed by atoms with Gasteiger partial charge in [0.1, 0.15) is 23.8 Å². The summed E-state index contributed by atoms with van der Waals surface area (Å²) >= 11 is 0. The van der Waals surface area contributed by atoms with Crippen molar-refractivity contribution in [3.05, 3.63) is 102 Å². The number of hydrogen-bond donors (Lipinski definition) is 3. The first kappa shape index (κ1) is 19.9. The van der Waals surface area contributed by atoms with Gasteiger partial charge in [-0.05, 0) is 41.5 Å². The second kappa shape index (κ2) is 9.41. The Morgan fingerprint density at radius 1 is 1.03 bits per heavy atom. The maximum atomic E-state index is 12.4. The number of H-pyrrole nitrogens is 1. The third-order valence-corrected chi connectivity index (χ3v) is 4.47. The van der Waals surface area contributed by atoms with Gasteiger partial charge in [-0.1, -0.05) is 54.6 Å². The molecule has 4 rings (SSSR count). The summed E-state index contributed by atoms with van der Waals surface area (Å²) in [5, 5.41) is 20.4. The van der Waals surface area contributed by atoms with E-state index in [9.17, 15) is 9.90 Å². The maximum Gasteiger partial charge on any atom is 0.289 e. The Kier molecular flexibility index (Phi) is 6.04. The molecule has 0 aliphatic rings. The minimum atomic E-state index is -0.433. The van der Waals surface area contributed by atoms with Gasteiger partial charge in [0.25, 0.3) is 5.91 Å². The zero-order chi connectivity index (χ0) is 21.5. The first-order chi connectivity index (χ1) is 15.2. The molecule has 3 aromatic carbocycles. The first-order valence-electron chi connectivity index (χ1n) is 9.63. The second-order valence-electron chi connectivity index (χ2n) is 6.73. The number of rotatable bonds is 7. The summed E-state index contributed by atoms with van der Waals surface area (Å²) in [6.45, 7) is 0.430. The Balaban J connectivity index is 1.44. The fraction of sp³-hybridized carbons (Fsp3) is 0.0417. The van der Waals surface area contributed by atoms with E-state index in [0.717, 1.165) is 11.1 Å². The molecule has 0 saturated heterocycles. The quantitative estimate of drug-likeness (QED) is 0.314. The SMILES string of the molecule is O=C(N/N=C\c1cccc(O)c1)c1cc(-c2ccccc2OCc2ccccc2)n[nH]1. The van der Waals surface area contributed by atoms with Crippen LogP contribution in [0.4, 0.5) is 0 Å². The molecule has 7 nitrogen and oxygen atoms in total. The minimum Gasteiger partial charge on any atom is -0.508 e. The highest BCUT2D eigenvalue weighted by molar-refractivity contribution is 5.94. The average Bonchev–Trinajstić information content (AvgIpc) is 3.29. The molecule has 0 bridgehead atoms. The van der Waals surface area contributed by atoms with Crippen molar-refractivity contribution in [1.82, 2.24) is 15.6 Å². The van der Waals surface area contributed by atoms with Gasteiger partial charge in [0.15, 0.2) is 0 Å². The lowest BCUT2D eigenvalue weighted by atomic mass is 10.1. The first-order valence-corrected chi connectivity index (χ1v) is 9.63. The van der Waals surface area contributed by atoms with Crippen molar-refractivity contribution in [2.45, 2.75) is 6.61 Å². The molecule has 1 heterocycles. The molecule has 0 saturated carbocycles. The Morgan fingerprint density at radius 3 is 2.68 bits per heavy atom. The van der Waals surface area contributed by atoms with Crippen molar-refractivity contribution in [3.63, 3.8) is 0 Å². The van der Waals surface area contributed by atoms with Gasteiger partial charge in [-0.25, -0.2) is 5.43 Å². The summed E-state index contributed by atoms with van der Waals surface area (Å²) in [6, 6.07) is 25.6. The number of aromatic nitrogens is 2. The monoisotopic (exact) mass is 412 g/mol. The smallest absolute Gasteiger partial charge is 0.289 e. The summed E-state index contributed by atoms with van der Waals surface area (Å²) in [5.74, 6) is 0.367. The van der Waals surface area contributed by atoms with Crippen LogP contribution in [0.25, 0.3) is 11.3 Å². The van der Waals surface area contributed by atoms with E-state index < -0.39 is 5.91 Å². The number of hydrazone groups is 1. The van der Waals surface area contributed by atoms with Crippen LogP contribution in [-0.2, 0) is 6.61 Å². The second-order valence-corrected chi connectivity index (χ2v) is 6.73. The molecule has 1 amide bonds. The minimum absolute atomic E-state index is 0.127. The lowest BCUT2D eigenvalue weighted by Crippen LogP contribution is -2.17. The van der Waals surface area contributed by atoms with Gasteiger partial charge in [0.2, 0.25) is 0 Å². The molecule has 0 atom stereocenters. The van der Waals surface area contributed by atoms with Gasteiger partial charge in [0, 0.05) is 5.56 Å². The van der Waals surface area contributed by atoms with Gasteiger partial charge in [-0.2, -0.15) is 10.2 Å². The number of carbonyl (C=O) groups is 1. The fourth-order valence-corrected chi connectivity index (χ4v) is 2.95. The number of benzene rings is 3. The number of ether oxygens (including phenoxy) is 1. The van der Waals surface area contributed by atoms with Crippen LogP contribution in [0.15, 0.2) is 90.0 Å². The Labute approximate surface area is 179 Å². The van der Waals surface area contributed by atoms with Crippen molar-refractivity contribution >= 4 is 12.1 Å². The number of amides is 1. The molecule has 4 aromatic rings. The van der Waals surface area contributed by atoms with Gasteiger partial charge < -0.3 is 9.84 Å². The van der Waals surface area contributed by atoms with Crippen LogP contribution in [0, 0.1) is 0 Å². The van der Waals surface area contributed by atoms with Crippen molar-refractivity contribution in [3.8, 4) is 22.8 Å². The highest BCUT2D eigenvalue weighted by Crippen LogP contribution is 2.29. The van der Waals surface area contributed by atoms with Crippen LogP contribution in [0.1, 0.15) is 21.6 Å². The van der Waals surface area contributed by atoms with Crippen LogP contribution in [-0.4, -0.2) is 27.4 Å². The lowest BCUT2D eigenvalue weighted by Gasteiger charge is -2.10. The molecular formula is C24H20N4O3. The normalized spacial score (nSPS) is 10.8. The number of carbonyl (C=O) groups excluding carboxylic acids is 1. The number of hydrogen-bond acceptors (Lipinski definition) is 5. The van der Waals surface area contributed by atoms with Gasteiger partial charge >= 0.3 is 0 Å². The molecule has 0 unspecified atom stereocenters. The van der Waals surface area contributed by atoms with Gasteiger partial charge in [0.05, 0.1) is 11.9 Å². The van der Waals surface area contributed by atoms with Crippen LogP contribution < -0.4 is 10.2 Å². The van der Waals surface area contributed by atoms with E-state index in [1.807, 2.05) is 54.6 Å². The standard InChI is InChI=1S/C24H20N4O3/c29-19-10-6-9-18(13-19)15-25-28-24(30)22-14-21(26-27-22)20-11-4-5-12-23(20)31-16-17-7-2-1-3-8-17/h1-15,29H,16H2,(H,26,27)(H,28,30)/b25-15-. The molecule has 0 radical (unpaired) electrons. The summed E-state index contributed by atoms with van der Waals surface area (Å²) in [4.78, 5) is 12.4. The number of phenolic OH excluding ortho intramolecular Hbond substituents is 1. The van der Waals surface area contributed by atoms with Crippen molar-refractivity contribution in [1.29, 1.82) is 0 Å². The number of aromatic amines is 1. The fourth-order valence-electron chi connectivity index (χ4n) is 2.95. The van der Waals surface area contributed by atoms with Crippen LogP contribution in [0.3, 0.4) is 0 Å².